The van der Waals surface area contributed by atoms with Crippen molar-refractivity contribution in [2.75, 3.05) is 19.7 Å². The van der Waals surface area contributed by atoms with E-state index in [1.54, 1.807) is 6.92 Å². The van der Waals surface area contributed by atoms with Crippen LogP contribution in [0, 0.1) is 11.8 Å². The highest BCUT2D eigenvalue weighted by Gasteiger charge is 2.37. The Balaban J connectivity index is 1.89. The molecule has 1 saturated heterocycles. The van der Waals surface area contributed by atoms with Gasteiger partial charge >= 0.3 is 12.1 Å². The summed E-state index contributed by atoms with van der Waals surface area (Å²) in [5.41, 5.74) is -0.797. The Morgan fingerprint density at radius 3 is 2.35 bits per heavy atom. The van der Waals surface area contributed by atoms with E-state index in [1.807, 2.05) is 0 Å². The number of likely N-dealkylation sites (tertiary alicyclic amines) is 1. The molecule has 0 spiro atoms. The first kappa shape index (κ1) is 17.1. The zero-order valence-electron chi connectivity index (χ0n) is 12.3. The molecular formula is C15H16F3NO4. The quantitative estimate of drug-likeness (QED) is 0.919. The molecule has 23 heavy (non-hydrogen) atoms. The van der Waals surface area contributed by atoms with Crippen LogP contribution in [-0.2, 0) is 15.8 Å². The van der Waals surface area contributed by atoms with Gasteiger partial charge in [0, 0.05) is 13.1 Å². The van der Waals surface area contributed by atoms with Crippen LogP contribution >= 0.6 is 0 Å². The van der Waals surface area contributed by atoms with E-state index in [1.165, 1.54) is 4.90 Å². The van der Waals surface area contributed by atoms with Crippen LogP contribution in [0.1, 0.15) is 12.5 Å². The van der Waals surface area contributed by atoms with Crippen molar-refractivity contribution in [1.29, 1.82) is 0 Å². The first-order chi connectivity index (χ1) is 10.7. The molecule has 1 N–H and O–H groups in total. The highest BCUT2D eigenvalue weighted by molar-refractivity contribution is 5.80. The number of benzene rings is 1. The summed E-state index contributed by atoms with van der Waals surface area (Å²) in [4.78, 5) is 24.4. The molecule has 1 aliphatic heterocycles. The van der Waals surface area contributed by atoms with Crippen LogP contribution in [-0.4, -0.2) is 41.6 Å². The Kier molecular flexibility index (Phi) is 4.82. The van der Waals surface area contributed by atoms with Crippen molar-refractivity contribution in [3.05, 3.63) is 29.8 Å². The van der Waals surface area contributed by atoms with Gasteiger partial charge in [0.2, 0.25) is 0 Å². The number of amides is 1. The number of alkyl halides is 3. The second kappa shape index (κ2) is 6.47. The van der Waals surface area contributed by atoms with E-state index in [4.69, 9.17) is 9.84 Å². The highest BCUT2D eigenvalue weighted by Crippen LogP contribution is 2.30. The van der Waals surface area contributed by atoms with Gasteiger partial charge in [0.15, 0.2) is 6.61 Å². The number of ether oxygens (including phenoxy) is 1. The first-order valence-corrected chi connectivity index (χ1v) is 6.99. The van der Waals surface area contributed by atoms with Crippen molar-refractivity contribution in [2.45, 2.75) is 13.1 Å². The number of carboxylic acids is 1. The third kappa shape index (κ3) is 4.14. The zero-order valence-corrected chi connectivity index (χ0v) is 12.3. The van der Waals surface area contributed by atoms with Gasteiger partial charge in [0.1, 0.15) is 5.75 Å². The summed E-state index contributed by atoms with van der Waals surface area (Å²) in [5, 5.41) is 9.02. The van der Waals surface area contributed by atoms with E-state index in [2.05, 4.69) is 0 Å². The maximum atomic E-state index is 12.4. The summed E-state index contributed by atoms with van der Waals surface area (Å²) >= 11 is 0. The van der Waals surface area contributed by atoms with Crippen LogP contribution in [0.5, 0.6) is 5.75 Å². The largest absolute Gasteiger partial charge is 0.484 e. The van der Waals surface area contributed by atoms with Gasteiger partial charge in [-0.2, -0.15) is 13.2 Å². The molecule has 1 aromatic carbocycles. The molecule has 0 radical (unpaired) electrons. The monoisotopic (exact) mass is 331 g/mol. The third-order valence-electron chi connectivity index (χ3n) is 3.83. The molecule has 2 atom stereocenters. The number of hydrogen-bond acceptors (Lipinski definition) is 3. The summed E-state index contributed by atoms with van der Waals surface area (Å²) in [5.74, 6) is -1.95. The predicted octanol–water partition coefficient (Wildman–Crippen LogP) is 2.26. The predicted molar refractivity (Wildman–Crippen MR) is 73.8 cm³/mol. The van der Waals surface area contributed by atoms with Gasteiger partial charge in [-0.3, -0.25) is 9.59 Å². The van der Waals surface area contributed by atoms with Crippen LogP contribution in [0.4, 0.5) is 13.2 Å². The van der Waals surface area contributed by atoms with E-state index < -0.39 is 23.6 Å². The van der Waals surface area contributed by atoms with Crippen molar-refractivity contribution in [1.82, 2.24) is 4.90 Å². The Bertz CT molecular complexity index is 585. The standard InChI is InChI=1S/C15H16F3NO4/c1-9-6-19(7-12(9)14(21)22)13(20)8-23-11-4-2-10(3-5-11)15(16,17)18/h2-5,9,12H,6-8H2,1H3,(H,21,22)/t9-,12-/m1/s1. The third-order valence-corrected chi connectivity index (χ3v) is 3.83. The smallest absolute Gasteiger partial charge is 0.416 e. The van der Waals surface area contributed by atoms with Gasteiger partial charge in [-0.05, 0) is 30.2 Å². The maximum absolute atomic E-state index is 12.4. The van der Waals surface area contributed by atoms with Crippen LogP contribution in [0.25, 0.3) is 0 Å². The van der Waals surface area contributed by atoms with Crippen molar-refractivity contribution >= 4 is 11.9 Å². The lowest BCUT2D eigenvalue weighted by Crippen LogP contribution is -2.33. The lowest BCUT2D eigenvalue weighted by Gasteiger charge is -2.16. The summed E-state index contributed by atoms with van der Waals surface area (Å²) in [7, 11) is 0. The molecular weight excluding hydrogens is 315 g/mol. The molecule has 126 valence electrons. The number of carbonyl (C=O) groups excluding carboxylic acids is 1. The first-order valence-electron chi connectivity index (χ1n) is 6.99. The van der Waals surface area contributed by atoms with Gasteiger partial charge in [-0.25, -0.2) is 0 Å². The minimum Gasteiger partial charge on any atom is -0.484 e. The number of nitrogens with zero attached hydrogens (tertiary/aromatic N) is 1. The van der Waals surface area contributed by atoms with Gasteiger partial charge in [0.25, 0.3) is 5.91 Å². The average Bonchev–Trinajstić information content (AvgIpc) is 2.86. The van der Waals surface area contributed by atoms with Crippen LogP contribution in [0.2, 0.25) is 0 Å². The van der Waals surface area contributed by atoms with E-state index in [-0.39, 0.29) is 30.7 Å². The summed E-state index contributed by atoms with van der Waals surface area (Å²) < 4.78 is 42.5. The lowest BCUT2D eigenvalue weighted by molar-refractivity contribution is -0.142. The van der Waals surface area contributed by atoms with Crippen LogP contribution in [0.3, 0.4) is 0 Å². The Labute approximate surface area is 130 Å². The fourth-order valence-electron chi connectivity index (χ4n) is 2.47. The molecule has 0 aliphatic carbocycles. The minimum absolute atomic E-state index is 0.117. The molecule has 0 bridgehead atoms. The number of aliphatic carboxylic acids is 1. The molecule has 1 aliphatic rings. The van der Waals surface area contributed by atoms with E-state index >= 15 is 0 Å². The van der Waals surface area contributed by atoms with Crippen LogP contribution < -0.4 is 4.74 Å². The van der Waals surface area contributed by atoms with E-state index in [0.717, 1.165) is 24.3 Å². The average molecular weight is 331 g/mol. The zero-order chi connectivity index (χ0) is 17.2. The molecule has 1 heterocycles. The molecule has 0 saturated carbocycles. The normalized spacial score (nSPS) is 21.3. The molecule has 5 nitrogen and oxygen atoms in total. The highest BCUT2D eigenvalue weighted by atomic mass is 19.4. The molecule has 2 rings (SSSR count). The molecule has 8 heteroatoms. The van der Waals surface area contributed by atoms with Crippen molar-refractivity contribution in [2.24, 2.45) is 11.8 Å². The molecule has 0 aromatic heterocycles. The molecule has 1 fully saturated rings. The number of carboxylic acid groups (broad SMARTS) is 1. The fraction of sp³-hybridized carbons (Fsp3) is 0.467. The van der Waals surface area contributed by atoms with Crippen molar-refractivity contribution in [3.8, 4) is 5.75 Å². The Morgan fingerprint density at radius 1 is 1.26 bits per heavy atom. The summed E-state index contributed by atoms with van der Waals surface area (Å²) in [6, 6.07) is 4.03. The topological polar surface area (TPSA) is 66.8 Å². The second-order valence-corrected chi connectivity index (χ2v) is 5.53. The SMILES string of the molecule is C[C@@H]1CN(C(=O)COc2ccc(C(F)(F)F)cc2)C[C@H]1C(=O)O. The van der Waals surface area contributed by atoms with Gasteiger partial charge < -0.3 is 14.7 Å². The number of rotatable bonds is 4. The van der Waals surface area contributed by atoms with E-state index in [9.17, 15) is 22.8 Å². The van der Waals surface area contributed by atoms with Gasteiger partial charge in [0.05, 0.1) is 11.5 Å². The summed E-state index contributed by atoms with van der Waals surface area (Å²) in [6.45, 7) is 1.85. The summed E-state index contributed by atoms with van der Waals surface area (Å²) in [6.07, 6.45) is -4.42. The fourth-order valence-corrected chi connectivity index (χ4v) is 2.47. The number of halogens is 3. The van der Waals surface area contributed by atoms with Crippen molar-refractivity contribution in [3.63, 3.8) is 0 Å². The van der Waals surface area contributed by atoms with Gasteiger partial charge in [-0.1, -0.05) is 6.92 Å². The number of carbonyl (C=O) groups is 2. The molecule has 0 unspecified atom stereocenters. The van der Waals surface area contributed by atoms with Crippen LogP contribution in [0.15, 0.2) is 24.3 Å². The van der Waals surface area contributed by atoms with E-state index in [0.29, 0.717) is 6.54 Å². The minimum atomic E-state index is -4.42. The maximum Gasteiger partial charge on any atom is 0.416 e. The lowest BCUT2D eigenvalue weighted by atomic mass is 9.99. The van der Waals surface area contributed by atoms with Gasteiger partial charge in [-0.15, -0.1) is 0 Å². The Morgan fingerprint density at radius 2 is 1.87 bits per heavy atom. The second-order valence-electron chi connectivity index (χ2n) is 5.53. The molecule has 1 aromatic rings. The van der Waals surface area contributed by atoms with Crippen molar-refractivity contribution < 1.29 is 32.6 Å². The number of hydrogen-bond donors (Lipinski definition) is 1. The molecule has 1 amide bonds. The Hall–Kier alpha value is -2.25.